The molecule has 0 N–H and O–H groups in total. The van der Waals surface area contributed by atoms with Gasteiger partial charge in [-0.05, 0) is 25.0 Å². The minimum atomic E-state index is 0.0720. The zero-order chi connectivity index (χ0) is 15.8. The molecule has 0 spiro atoms. The smallest absolute Gasteiger partial charge is 0.320 e. The van der Waals surface area contributed by atoms with Crippen molar-refractivity contribution in [3.63, 3.8) is 0 Å². The third-order valence-electron chi connectivity index (χ3n) is 4.90. The van der Waals surface area contributed by atoms with Crippen LogP contribution in [0.3, 0.4) is 0 Å². The van der Waals surface area contributed by atoms with E-state index in [2.05, 4.69) is 10.6 Å². The molecular formula is C17H22N4O2. The molecule has 0 aliphatic carbocycles. The molecule has 3 heterocycles. The van der Waals surface area contributed by atoms with Gasteiger partial charge in [0.15, 0.2) is 0 Å². The number of imidazole rings is 1. The molecule has 4 rings (SSSR count). The van der Waals surface area contributed by atoms with Gasteiger partial charge in [0, 0.05) is 26.7 Å². The Bertz CT molecular complexity index is 720. The van der Waals surface area contributed by atoms with Crippen LogP contribution < -0.4 is 0 Å². The van der Waals surface area contributed by atoms with Crippen molar-refractivity contribution >= 4 is 17.1 Å². The number of amides is 2. The molecule has 2 fully saturated rings. The maximum atomic E-state index is 12.9. The Labute approximate surface area is 135 Å². The van der Waals surface area contributed by atoms with Crippen molar-refractivity contribution in [2.45, 2.75) is 18.9 Å². The Morgan fingerprint density at radius 2 is 2.00 bits per heavy atom. The van der Waals surface area contributed by atoms with Crippen LogP contribution in [0.4, 0.5) is 4.79 Å². The van der Waals surface area contributed by atoms with E-state index < -0.39 is 0 Å². The first kappa shape index (κ1) is 14.5. The van der Waals surface area contributed by atoms with Gasteiger partial charge in [0.25, 0.3) is 0 Å². The number of hydrogen-bond acceptors (Lipinski definition) is 3. The number of fused-ring (bicyclic) bond motifs is 1. The predicted molar refractivity (Wildman–Crippen MR) is 87.2 cm³/mol. The van der Waals surface area contributed by atoms with E-state index in [1.54, 1.807) is 0 Å². The van der Waals surface area contributed by atoms with Crippen LogP contribution in [0.25, 0.3) is 11.0 Å². The summed E-state index contributed by atoms with van der Waals surface area (Å²) in [6.07, 6.45) is 2.01. The second kappa shape index (κ2) is 5.85. The summed E-state index contributed by atoms with van der Waals surface area (Å²) in [7, 11) is 2.04. The van der Waals surface area contributed by atoms with Crippen LogP contribution in [0.15, 0.2) is 24.3 Å². The number of hydrogen-bond donors (Lipinski definition) is 0. The molecule has 1 aromatic carbocycles. The highest BCUT2D eigenvalue weighted by Gasteiger charge is 2.35. The van der Waals surface area contributed by atoms with Crippen molar-refractivity contribution in [1.29, 1.82) is 0 Å². The fraction of sp³-hybridized carbons (Fsp3) is 0.529. The topological polar surface area (TPSA) is 50.6 Å². The molecule has 23 heavy (non-hydrogen) atoms. The fourth-order valence-corrected chi connectivity index (χ4v) is 3.66. The van der Waals surface area contributed by atoms with E-state index in [1.807, 2.05) is 35.0 Å². The molecular weight excluding hydrogens is 292 g/mol. The number of urea groups is 1. The number of aryl methyl sites for hydroxylation is 1. The van der Waals surface area contributed by atoms with E-state index in [-0.39, 0.29) is 12.1 Å². The van der Waals surface area contributed by atoms with Gasteiger partial charge in [-0.2, -0.15) is 0 Å². The highest BCUT2D eigenvalue weighted by molar-refractivity contribution is 5.77. The van der Waals surface area contributed by atoms with Crippen LogP contribution in [0.2, 0.25) is 0 Å². The number of likely N-dealkylation sites (tertiary alicyclic amines) is 1. The maximum absolute atomic E-state index is 12.9. The van der Waals surface area contributed by atoms with Gasteiger partial charge in [0.2, 0.25) is 0 Å². The number of rotatable bonds is 1. The van der Waals surface area contributed by atoms with E-state index in [4.69, 9.17) is 9.72 Å². The number of para-hydroxylation sites is 2. The summed E-state index contributed by atoms with van der Waals surface area (Å²) in [4.78, 5) is 21.6. The molecule has 1 unspecified atom stereocenters. The lowest BCUT2D eigenvalue weighted by molar-refractivity contribution is 0.0418. The van der Waals surface area contributed by atoms with Crippen LogP contribution in [0.5, 0.6) is 0 Å². The monoisotopic (exact) mass is 314 g/mol. The molecule has 6 nitrogen and oxygen atoms in total. The molecule has 2 amide bonds. The van der Waals surface area contributed by atoms with E-state index >= 15 is 0 Å². The number of benzene rings is 1. The molecule has 2 aromatic rings. The lowest BCUT2D eigenvalue weighted by atomic mass is 10.2. The van der Waals surface area contributed by atoms with Gasteiger partial charge in [-0.1, -0.05) is 12.1 Å². The Kier molecular flexibility index (Phi) is 3.69. The third-order valence-corrected chi connectivity index (χ3v) is 4.90. The standard InChI is InChI=1S/C17H22N4O2/c1-19-14-6-3-2-5-13(14)18-16(19)15-7-4-8-21(15)17(22)20-9-11-23-12-10-20/h2-3,5-6,15H,4,7-12H2,1H3. The van der Waals surface area contributed by atoms with Crippen LogP contribution in [-0.2, 0) is 11.8 Å². The molecule has 0 radical (unpaired) electrons. The zero-order valence-electron chi connectivity index (χ0n) is 13.4. The average molecular weight is 314 g/mol. The first-order valence-electron chi connectivity index (χ1n) is 8.30. The van der Waals surface area contributed by atoms with Crippen LogP contribution in [0.1, 0.15) is 24.7 Å². The van der Waals surface area contributed by atoms with Crippen molar-refractivity contribution < 1.29 is 9.53 Å². The van der Waals surface area contributed by atoms with Crippen molar-refractivity contribution in [2.24, 2.45) is 7.05 Å². The van der Waals surface area contributed by atoms with Gasteiger partial charge in [-0.3, -0.25) is 0 Å². The largest absolute Gasteiger partial charge is 0.378 e. The predicted octanol–water partition coefficient (Wildman–Crippen LogP) is 2.16. The van der Waals surface area contributed by atoms with Crippen LogP contribution in [0, 0.1) is 0 Å². The van der Waals surface area contributed by atoms with Crippen molar-refractivity contribution in [2.75, 3.05) is 32.8 Å². The first-order chi connectivity index (χ1) is 11.3. The van der Waals surface area contributed by atoms with Crippen molar-refractivity contribution in [3.05, 3.63) is 30.1 Å². The van der Waals surface area contributed by atoms with Gasteiger partial charge in [0.1, 0.15) is 5.82 Å². The highest BCUT2D eigenvalue weighted by Crippen LogP contribution is 2.33. The number of ether oxygens (including phenoxy) is 1. The van der Waals surface area contributed by atoms with E-state index in [0.717, 1.165) is 36.2 Å². The molecule has 2 aliphatic rings. The first-order valence-corrected chi connectivity index (χ1v) is 8.30. The highest BCUT2D eigenvalue weighted by atomic mass is 16.5. The van der Waals surface area contributed by atoms with E-state index in [9.17, 15) is 4.79 Å². The van der Waals surface area contributed by atoms with Gasteiger partial charge >= 0.3 is 6.03 Å². The van der Waals surface area contributed by atoms with Gasteiger partial charge < -0.3 is 19.1 Å². The quantitative estimate of drug-likeness (QED) is 0.810. The normalized spacial score (nSPS) is 22.0. The number of nitrogens with zero attached hydrogens (tertiary/aromatic N) is 4. The Morgan fingerprint density at radius 1 is 1.22 bits per heavy atom. The Balaban J connectivity index is 1.63. The van der Waals surface area contributed by atoms with Crippen LogP contribution >= 0.6 is 0 Å². The second-order valence-electron chi connectivity index (χ2n) is 6.25. The molecule has 122 valence electrons. The van der Waals surface area contributed by atoms with Gasteiger partial charge in [-0.25, -0.2) is 9.78 Å². The minimum Gasteiger partial charge on any atom is -0.378 e. The van der Waals surface area contributed by atoms with Gasteiger partial charge in [-0.15, -0.1) is 0 Å². The number of aromatic nitrogens is 2. The summed E-state index contributed by atoms with van der Waals surface area (Å²) in [5.74, 6) is 0.991. The lowest BCUT2D eigenvalue weighted by Crippen LogP contribution is -2.48. The molecule has 0 bridgehead atoms. The Morgan fingerprint density at radius 3 is 2.78 bits per heavy atom. The average Bonchev–Trinajstić information content (AvgIpc) is 3.20. The van der Waals surface area contributed by atoms with Crippen LogP contribution in [-0.4, -0.2) is 58.2 Å². The summed E-state index contributed by atoms with van der Waals surface area (Å²) in [6.45, 7) is 3.45. The van der Waals surface area contributed by atoms with Crippen molar-refractivity contribution in [1.82, 2.24) is 19.4 Å². The summed E-state index contributed by atoms with van der Waals surface area (Å²) in [6, 6.07) is 8.34. The van der Waals surface area contributed by atoms with E-state index in [1.165, 1.54) is 0 Å². The zero-order valence-corrected chi connectivity index (χ0v) is 13.4. The number of carbonyl (C=O) groups excluding carboxylic acids is 1. The van der Waals surface area contributed by atoms with Gasteiger partial charge in [0.05, 0.1) is 30.3 Å². The summed E-state index contributed by atoms with van der Waals surface area (Å²) >= 11 is 0. The minimum absolute atomic E-state index is 0.0720. The SMILES string of the molecule is Cn1c(C2CCCN2C(=O)N2CCOCC2)nc2ccccc21. The maximum Gasteiger partial charge on any atom is 0.320 e. The lowest BCUT2D eigenvalue weighted by Gasteiger charge is -2.33. The summed E-state index contributed by atoms with van der Waals surface area (Å²) in [5.41, 5.74) is 2.11. The Hall–Kier alpha value is -2.08. The fourth-order valence-electron chi connectivity index (χ4n) is 3.66. The molecule has 1 atom stereocenters. The third kappa shape index (κ3) is 2.47. The molecule has 1 aromatic heterocycles. The molecule has 2 aliphatic heterocycles. The van der Waals surface area contributed by atoms with Crippen molar-refractivity contribution in [3.8, 4) is 0 Å². The molecule has 2 saturated heterocycles. The van der Waals surface area contributed by atoms with E-state index in [0.29, 0.717) is 26.3 Å². The number of morpholine rings is 1. The summed E-state index contributed by atoms with van der Waals surface area (Å²) in [5, 5.41) is 0. The molecule has 6 heteroatoms. The summed E-state index contributed by atoms with van der Waals surface area (Å²) < 4.78 is 7.48. The second-order valence-corrected chi connectivity index (χ2v) is 6.25. The molecule has 0 saturated carbocycles. The number of carbonyl (C=O) groups is 1.